The van der Waals surface area contributed by atoms with Crippen molar-refractivity contribution in [2.24, 2.45) is 5.73 Å². The number of aromatic nitrogens is 2. The summed E-state index contributed by atoms with van der Waals surface area (Å²) in [5.74, 6) is 0. The fraction of sp³-hybridized carbons (Fsp3) is 0.273. The van der Waals surface area contributed by atoms with Crippen molar-refractivity contribution in [1.82, 2.24) is 9.97 Å². The number of aryl methyl sites for hydroxylation is 1. The molecule has 0 aromatic carbocycles. The van der Waals surface area contributed by atoms with E-state index in [1.807, 2.05) is 18.3 Å². The van der Waals surface area contributed by atoms with E-state index >= 15 is 0 Å². The van der Waals surface area contributed by atoms with Crippen molar-refractivity contribution in [2.75, 3.05) is 0 Å². The number of hydrogen-bond donors (Lipinski definition) is 1. The molecule has 15 heavy (non-hydrogen) atoms. The maximum Gasteiger partial charge on any atom is 0.125 e. The lowest BCUT2D eigenvalue weighted by atomic mass is 10.3. The van der Waals surface area contributed by atoms with Crippen molar-refractivity contribution in [2.45, 2.75) is 19.9 Å². The van der Waals surface area contributed by atoms with E-state index in [-0.39, 0.29) is 0 Å². The number of nitrogens with zero attached hydrogens (tertiary/aromatic N) is 2. The summed E-state index contributed by atoms with van der Waals surface area (Å²) in [6, 6.07) is 3.94. The molecule has 0 aliphatic heterocycles. The third-order valence-corrected chi connectivity index (χ3v) is 3.38. The lowest BCUT2D eigenvalue weighted by Crippen LogP contribution is -1.96. The molecule has 2 rings (SSSR count). The van der Waals surface area contributed by atoms with Gasteiger partial charge in [0.1, 0.15) is 5.01 Å². The van der Waals surface area contributed by atoms with Crippen LogP contribution in [0.2, 0.25) is 0 Å². The van der Waals surface area contributed by atoms with Gasteiger partial charge in [-0.3, -0.25) is 4.98 Å². The summed E-state index contributed by atoms with van der Waals surface area (Å²) < 4.78 is 0. The Hall–Kier alpha value is -1.26. The highest BCUT2D eigenvalue weighted by Gasteiger charge is 2.09. The van der Waals surface area contributed by atoms with Gasteiger partial charge in [0.2, 0.25) is 0 Å². The topological polar surface area (TPSA) is 51.8 Å². The average Bonchev–Trinajstić information content (AvgIpc) is 2.73. The van der Waals surface area contributed by atoms with E-state index < -0.39 is 0 Å². The molecule has 2 heterocycles. The first-order valence-electron chi connectivity index (χ1n) is 4.94. The van der Waals surface area contributed by atoms with Crippen molar-refractivity contribution < 1.29 is 0 Å². The van der Waals surface area contributed by atoms with Crippen LogP contribution in [0, 0.1) is 0 Å². The minimum Gasteiger partial charge on any atom is -0.326 e. The SMILES string of the molecule is CCc1nc(-c2cccnc2)sc1CN. The lowest BCUT2D eigenvalue weighted by Gasteiger charge is -1.92. The predicted molar refractivity (Wildman–Crippen MR) is 62.6 cm³/mol. The van der Waals surface area contributed by atoms with Crippen LogP contribution in [0.15, 0.2) is 24.5 Å². The van der Waals surface area contributed by atoms with Gasteiger partial charge in [-0.25, -0.2) is 4.98 Å². The van der Waals surface area contributed by atoms with Crippen LogP contribution in [0.3, 0.4) is 0 Å². The summed E-state index contributed by atoms with van der Waals surface area (Å²) in [5, 5.41) is 1.01. The molecule has 0 aliphatic rings. The number of thiazole rings is 1. The minimum absolute atomic E-state index is 0.571. The Morgan fingerprint density at radius 3 is 2.87 bits per heavy atom. The lowest BCUT2D eigenvalue weighted by molar-refractivity contribution is 0.989. The molecule has 2 N–H and O–H groups in total. The second-order valence-electron chi connectivity index (χ2n) is 3.19. The molecule has 0 amide bonds. The molecule has 0 atom stereocenters. The monoisotopic (exact) mass is 219 g/mol. The summed E-state index contributed by atoms with van der Waals surface area (Å²) in [6.07, 6.45) is 4.53. The van der Waals surface area contributed by atoms with Crippen LogP contribution in [-0.2, 0) is 13.0 Å². The molecule has 78 valence electrons. The Morgan fingerprint density at radius 1 is 1.47 bits per heavy atom. The normalized spacial score (nSPS) is 10.5. The molecule has 0 saturated carbocycles. The van der Waals surface area contributed by atoms with Gasteiger partial charge in [-0.1, -0.05) is 6.92 Å². The Bertz CT molecular complexity index is 415. The van der Waals surface area contributed by atoms with Gasteiger partial charge in [0.25, 0.3) is 0 Å². The van der Waals surface area contributed by atoms with E-state index in [9.17, 15) is 0 Å². The average molecular weight is 219 g/mol. The van der Waals surface area contributed by atoms with Gasteiger partial charge in [0.05, 0.1) is 5.69 Å². The molecule has 0 fully saturated rings. The molecule has 0 unspecified atom stereocenters. The third-order valence-electron chi connectivity index (χ3n) is 2.21. The fourth-order valence-corrected chi connectivity index (χ4v) is 2.45. The third kappa shape index (κ3) is 2.06. The van der Waals surface area contributed by atoms with E-state index in [1.165, 1.54) is 4.88 Å². The summed E-state index contributed by atoms with van der Waals surface area (Å²) >= 11 is 1.66. The van der Waals surface area contributed by atoms with E-state index in [0.717, 1.165) is 22.7 Å². The van der Waals surface area contributed by atoms with E-state index in [1.54, 1.807) is 17.5 Å². The Balaban J connectivity index is 2.42. The van der Waals surface area contributed by atoms with Gasteiger partial charge in [-0.15, -0.1) is 11.3 Å². The molecule has 3 nitrogen and oxygen atoms in total. The zero-order valence-electron chi connectivity index (χ0n) is 8.60. The van der Waals surface area contributed by atoms with Crippen LogP contribution < -0.4 is 5.73 Å². The molecule has 0 aliphatic carbocycles. The summed E-state index contributed by atoms with van der Waals surface area (Å²) in [6.45, 7) is 2.67. The summed E-state index contributed by atoms with van der Waals surface area (Å²) in [4.78, 5) is 9.83. The van der Waals surface area contributed by atoms with Gasteiger partial charge in [-0.2, -0.15) is 0 Å². The molecule has 2 aromatic heterocycles. The highest BCUT2D eigenvalue weighted by molar-refractivity contribution is 7.15. The number of rotatable bonds is 3. The maximum absolute atomic E-state index is 5.67. The molecular weight excluding hydrogens is 206 g/mol. The van der Waals surface area contributed by atoms with Gasteiger partial charge >= 0.3 is 0 Å². The molecule has 4 heteroatoms. The first-order chi connectivity index (χ1) is 7.35. The Labute approximate surface area is 93.0 Å². The minimum atomic E-state index is 0.571. The second-order valence-corrected chi connectivity index (χ2v) is 4.27. The number of pyridine rings is 1. The van der Waals surface area contributed by atoms with Crippen molar-refractivity contribution in [3.8, 4) is 10.6 Å². The van der Waals surface area contributed by atoms with Crippen molar-refractivity contribution in [1.29, 1.82) is 0 Å². The van der Waals surface area contributed by atoms with Crippen LogP contribution in [0.1, 0.15) is 17.5 Å². The summed E-state index contributed by atoms with van der Waals surface area (Å²) in [5.41, 5.74) is 7.85. The van der Waals surface area contributed by atoms with Gasteiger partial charge in [0, 0.05) is 29.4 Å². The molecule has 2 aromatic rings. The molecule has 0 saturated heterocycles. The number of nitrogens with two attached hydrogens (primary N) is 1. The first-order valence-corrected chi connectivity index (χ1v) is 5.75. The molecule has 0 bridgehead atoms. The van der Waals surface area contributed by atoms with Crippen molar-refractivity contribution in [3.63, 3.8) is 0 Å². The predicted octanol–water partition coefficient (Wildman–Crippen LogP) is 2.23. The first kappa shape index (κ1) is 10.3. The van der Waals surface area contributed by atoms with Gasteiger partial charge in [0.15, 0.2) is 0 Å². The van der Waals surface area contributed by atoms with Crippen LogP contribution in [-0.4, -0.2) is 9.97 Å². The van der Waals surface area contributed by atoms with E-state index in [2.05, 4.69) is 16.9 Å². The van der Waals surface area contributed by atoms with Crippen LogP contribution in [0.5, 0.6) is 0 Å². The second kappa shape index (κ2) is 4.51. The molecule has 0 radical (unpaired) electrons. The highest BCUT2D eigenvalue weighted by atomic mass is 32.1. The molecule has 0 spiro atoms. The Morgan fingerprint density at radius 2 is 2.33 bits per heavy atom. The quantitative estimate of drug-likeness (QED) is 0.861. The smallest absolute Gasteiger partial charge is 0.125 e. The van der Waals surface area contributed by atoms with Crippen LogP contribution in [0.4, 0.5) is 0 Å². The largest absolute Gasteiger partial charge is 0.326 e. The zero-order chi connectivity index (χ0) is 10.7. The van der Waals surface area contributed by atoms with Gasteiger partial charge < -0.3 is 5.73 Å². The number of hydrogen-bond acceptors (Lipinski definition) is 4. The standard InChI is InChI=1S/C11H13N3S/c1-2-9-10(6-12)15-11(14-9)8-4-3-5-13-7-8/h3-5,7H,2,6,12H2,1H3. The van der Waals surface area contributed by atoms with Crippen LogP contribution >= 0.6 is 11.3 Å². The van der Waals surface area contributed by atoms with E-state index in [4.69, 9.17) is 5.73 Å². The molecular formula is C11H13N3S. The van der Waals surface area contributed by atoms with Crippen molar-refractivity contribution >= 4 is 11.3 Å². The highest BCUT2D eigenvalue weighted by Crippen LogP contribution is 2.27. The fourth-order valence-electron chi connectivity index (χ4n) is 1.43. The maximum atomic E-state index is 5.67. The Kier molecular flexibility index (Phi) is 3.08. The summed E-state index contributed by atoms with van der Waals surface area (Å²) in [7, 11) is 0. The zero-order valence-corrected chi connectivity index (χ0v) is 9.42. The van der Waals surface area contributed by atoms with Gasteiger partial charge in [-0.05, 0) is 18.6 Å². The van der Waals surface area contributed by atoms with Crippen molar-refractivity contribution in [3.05, 3.63) is 35.1 Å². The van der Waals surface area contributed by atoms with Crippen LogP contribution in [0.25, 0.3) is 10.6 Å². The van der Waals surface area contributed by atoms with E-state index in [0.29, 0.717) is 6.54 Å².